The summed E-state index contributed by atoms with van der Waals surface area (Å²) in [4.78, 5) is 38.6. The van der Waals surface area contributed by atoms with E-state index in [1.807, 2.05) is 60.7 Å². The van der Waals surface area contributed by atoms with Gasteiger partial charge in [0.05, 0.1) is 0 Å². The van der Waals surface area contributed by atoms with Gasteiger partial charge in [0.1, 0.15) is 18.7 Å². The van der Waals surface area contributed by atoms with E-state index in [2.05, 4.69) is 5.32 Å². The Morgan fingerprint density at radius 1 is 1.03 bits per heavy atom. The summed E-state index contributed by atoms with van der Waals surface area (Å²) < 4.78 is 5.27. The lowest BCUT2D eigenvalue weighted by Crippen LogP contribution is -2.53. The van der Waals surface area contributed by atoms with E-state index in [1.54, 1.807) is 0 Å². The Kier molecular flexibility index (Phi) is 6.84. The zero-order chi connectivity index (χ0) is 20.6. The molecule has 3 rings (SSSR count). The minimum atomic E-state index is -0.847. The number of hydrogen-bond donors (Lipinski definition) is 2. The smallest absolute Gasteiger partial charge is 0.408 e. The predicted octanol–water partition coefficient (Wildman–Crippen LogP) is 2.00. The molecule has 0 spiro atoms. The fourth-order valence-corrected chi connectivity index (χ4v) is 3.48. The molecule has 2 aromatic rings. The van der Waals surface area contributed by atoms with Gasteiger partial charge in [0.15, 0.2) is 0 Å². The molecule has 0 aromatic heterocycles. The first-order valence-corrected chi connectivity index (χ1v) is 9.65. The van der Waals surface area contributed by atoms with Gasteiger partial charge >= 0.3 is 6.09 Å². The highest BCUT2D eigenvalue weighted by atomic mass is 16.5. The van der Waals surface area contributed by atoms with Crippen LogP contribution in [0.5, 0.6) is 0 Å². The maximum absolute atomic E-state index is 13.1. The Morgan fingerprint density at radius 3 is 2.28 bits per heavy atom. The van der Waals surface area contributed by atoms with E-state index in [0.717, 1.165) is 11.1 Å². The van der Waals surface area contributed by atoms with Crippen LogP contribution in [-0.2, 0) is 27.4 Å². The second kappa shape index (κ2) is 9.73. The molecule has 0 bridgehead atoms. The summed E-state index contributed by atoms with van der Waals surface area (Å²) in [5, 5.41) is 2.67. The molecule has 0 aliphatic carbocycles. The Labute approximate surface area is 169 Å². The van der Waals surface area contributed by atoms with Crippen LogP contribution in [0, 0.1) is 0 Å². The van der Waals surface area contributed by atoms with Crippen molar-refractivity contribution in [3.8, 4) is 0 Å². The van der Waals surface area contributed by atoms with E-state index >= 15 is 0 Å². The van der Waals surface area contributed by atoms with Crippen molar-refractivity contribution < 1.29 is 19.1 Å². The van der Waals surface area contributed by atoms with Crippen LogP contribution in [0.4, 0.5) is 4.79 Å². The lowest BCUT2D eigenvalue weighted by Gasteiger charge is -2.27. The van der Waals surface area contributed by atoms with Gasteiger partial charge in [-0.2, -0.15) is 0 Å². The summed E-state index contributed by atoms with van der Waals surface area (Å²) in [6.45, 7) is 0.547. The minimum absolute atomic E-state index is 0.104. The third-order valence-electron chi connectivity index (χ3n) is 4.95. The fourth-order valence-electron chi connectivity index (χ4n) is 3.48. The zero-order valence-corrected chi connectivity index (χ0v) is 16.1. The first kappa shape index (κ1) is 20.4. The largest absolute Gasteiger partial charge is 0.445 e. The molecule has 0 radical (unpaired) electrons. The topological polar surface area (TPSA) is 102 Å². The van der Waals surface area contributed by atoms with Crippen molar-refractivity contribution in [2.24, 2.45) is 5.73 Å². The molecule has 29 heavy (non-hydrogen) atoms. The number of ether oxygens (including phenoxy) is 1. The van der Waals surface area contributed by atoms with Crippen molar-refractivity contribution in [1.29, 1.82) is 0 Å². The SMILES string of the molecule is NC(=O)[C@@H]1CCCN1C(=O)C(Cc1ccccc1)NC(=O)OCc1ccccc1. The molecule has 2 aromatic carbocycles. The molecule has 0 saturated carbocycles. The van der Waals surface area contributed by atoms with Gasteiger partial charge in [-0.15, -0.1) is 0 Å². The number of primary amides is 1. The maximum Gasteiger partial charge on any atom is 0.408 e. The highest BCUT2D eigenvalue weighted by Gasteiger charge is 2.36. The summed E-state index contributed by atoms with van der Waals surface area (Å²) in [6.07, 6.45) is 0.855. The molecule has 1 aliphatic heterocycles. The number of likely N-dealkylation sites (tertiary alicyclic amines) is 1. The number of benzene rings is 2. The van der Waals surface area contributed by atoms with Gasteiger partial charge < -0.3 is 20.7 Å². The second-order valence-corrected chi connectivity index (χ2v) is 7.04. The van der Waals surface area contributed by atoms with E-state index in [-0.39, 0.29) is 12.5 Å². The van der Waals surface area contributed by atoms with Crippen LogP contribution in [0.15, 0.2) is 60.7 Å². The zero-order valence-electron chi connectivity index (χ0n) is 16.1. The normalized spacial score (nSPS) is 16.8. The van der Waals surface area contributed by atoms with Gasteiger partial charge in [-0.05, 0) is 24.0 Å². The fraction of sp³-hybridized carbons (Fsp3) is 0.318. The Hall–Kier alpha value is -3.35. The molecule has 7 heteroatoms. The van der Waals surface area contributed by atoms with E-state index in [0.29, 0.717) is 25.8 Å². The van der Waals surface area contributed by atoms with E-state index in [1.165, 1.54) is 4.90 Å². The second-order valence-electron chi connectivity index (χ2n) is 7.04. The van der Waals surface area contributed by atoms with Crippen LogP contribution in [0.1, 0.15) is 24.0 Å². The number of nitrogens with zero attached hydrogens (tertiary/aromatic N) is 1. The van der Waals surface area contributed by atoms with Crippen molar-refractivity contribution >= 4 is 17.9 Å². The highest BCUT2D eigenvalue weighted by Crippen LogP contribution is 2.19. The Bertz CT molecular complexity index is 842. The van der Waals surface area contributed by atoms with Gasteiger partial charge in [0.2, 0.25) is 11.8 Å². The summed E-state index contributed by atoms with van der Waals surface area (Å²) in [5.74, 6) is -0.854. The molecule has 3 amide bonds. The van der Waals surface area contributed by atoms with Crippen molar-refractivity contribution in [1.82, 2.24) is 10.2 Å². The number of carbonyl (C=O) groups is 3. The highest BCUT2D eigenvalue weighted by molar-refractivity contribution is 5.91. The van der Waals surface area contributed by atoms with Crippen LogP contribution < -0.4 is 11.1 Å². The third-order valence-corrected chi connectivity index (χ3v) is 4.95. The van der Waals surface area contributed by atoms with Crippen LogP contribution >= 0.6 is 0 Å². The summed E-state index contributed by atoms with van der Waals surface area (Å²) in [6, 6.07) is 17.2. The van der Waals surface area contributed by atoms with Gasteiger partial charge in [0.25, 0.3) is 0 Å². The lowest BCUT2D eigenvalue weighted by molar-refractivity contribution is -0.138. The van der Waals surface area contributed by atoms with E-state index < -0.39 is 24.1 Å². The number of hydrogen-bond acceptors (Lipinski definition) is 4. The van der Waals surface area contributed by atoms with Crippen LogP contribution in [0.3, 0.4) is 0 Å². The molecule has 1 fully saturated rings. The van der Waals surface area contributed by atoms with Gasteiger partial charge in [-0.3, -0.25) is 9.59 Å². The average molecular weight is 395 g/mol. The number of carbonyl (C=O) groups excluding carboxylic acids is 3. The predicted molar refractivity (Wildman–Crippen MR) is 108 cm³/mol. The number of nitrogens with two attached hydrogens (primary N) is 1. The molecule has 2 atom stereocenters. The summed E-state index contributed by atoms with van der Waals surface area (Å²) in [7, 11) is 0. The van der Waals surface area contributed by atoms with E-state index in [9.17, 15) is 14.4 Å². The van der Waals surface area contributed by atoms with Crippen molar-refractivity contribution in [3.63, 3.8) is 0 Å². The standard InChI is InChI=1S/C22H25N3O4/c23-20(26)19-12-7-13-25(19)21(27)18(14-16-8-3-1-4-9-16)24-22(28)29-15-17-10-5-2-6-11-17/h1-6,8-11,18-19H,7,12-15H2,(H2,23,26)(H,24,28)/t18?,19-/m0/s1. The van der Waals surface area contributed by atoms with Gasteiger partial charge in [0, 0.05) is 13.0 Å². The Balaban J connectivity index is 1.69. The quantitative estimate of drug-likeness (QED) is 0.749. The van der Waals surface area contributed by atoms with E-state index in [4.69, 9.17) is 10.5 Å². The molecule has 1 saturated heterocycles. The monoisotopic (exact) mass is 395 g/mol. The lowest BCUT2D eigenvalue weighted by atomic mass is 10.0. The molecule has 3 N–H and O–H groups in total. The van der Waals surface area contributed by atoms with Crippen molar-refractivity contribution in [3.05, 3.63) is 71.8 Å². The minimum Gasteiger partial charge on any atom is -0.445 e. The number of amides is 3. The number of rotatable bonds is 7. The Morgan fingerprint density at radius 2 is 1.66 bits per heavy atom. The number of alkyl carbamates (subject to hydrolysis) is 1. The summed E-state index contributed by atoms with van der Waals surface area (Å²) in [5.41, 5.74) is 7.19. The van der Waals surface area contributed by atoms with Gasteiger partial charge in [-0.1, -0.05) is 60.7 Å². The summed E-state index contributed by atoms with van der Waals surface area (Å²) >= 11 is 0. The van der Waals surface area contributed by atoms with Gasteiger partial charge in [-0.25, -0.2) is 4.79 Å². The molecular weight excluding hydrogens is 370 g/mol. The van der Waals surface area contributed by atoms with Crippen LogP contribution in [-0.4, -0.2) is 41.4 Å². The van der Waals surface area contributed by atoms with Crippen LogP contribution in [0.2, 0.25) is 0 Å². The molecule has 152 valence electrons. The van der Waals surface area contributed by atoms with Crippen LogP contribution in [0.25, 0.3) is 0 Å². The maximum atomic E-state index is 13.1. The first-order valence-electron chi connectivity index (χ1n) is 9.65. The molecule has 1 heterocycles. The van der Waals surface area contributed by atoms with Crippen molar-refractivity contribution in [2.45, 2.75) is 38.0 Å². The molecule has 1 aliphatic rings. The molecule has 1 unspecified atom stereocenters. The molecule has 7 nitrogen and oxygen atoms in total. The molecular formula is C22H25N3O4. The third kappa shape index (κ3) is 5.57. The van der Waals surface area contributed by atoms with Crippen molar-refractivity contribution in [2.75, 3.05) is 6.54 Å². The average Bonchev–Trinajstić information content (AvgIpc) is 3.23. The number of nitrogens with one attached hydrogen (secondary N) is 1. The first-order chi connectivity index (χ1) is 14.0.